The molecule has 1 unspecified atom stereocenters. The van der Waals surface area contributed by atoms with Gasteiger partial charge in [0, 0.05) is 14.1 Å². The molecule has 7 nitrogen and oxygen atoms in total. The number of amides is 2. The second kappa shape index (κ2) is 4.52. The predicted octanol–water partition coefficient (Wildman–Crippen LogP) is -0.288. The van der Waals surface area contributed by atoms with Crippen LogP contribution in [0.2, 0.25) is 0 Å². The second-order valence-electron chi connectivity index (χ2n) is 3.99. The summed E-state index contributed by atoms with van der Waals surface area (Å²) in [6.07, 6.45) is 1.51. The van der Waals surface area contributed by atoms with Crippen molar-refractivity contribution in [2.24, 2.45) is 7.05 Å². The molecule has 1 aromatic rings. The van der Waals surface area contributed by atoms with Crippen LogP contribution in [0, 0.1) is 0 Å². The zero-order chi connectivity index (χ0) is 13.4. The molecule has 2 rings (SSSR count). The first-order chi connectivity index (χ1) is 8.41. The Kier molecular flexibility index (Phi) is 3.20. The summed E-state index contributed by atoms with van der Waals surface area (Å²) in [5, 5.41) is 6.70. The molecule has 1 N–H and O–H groups in total. The summed E-state index contributed by atoms with van der Waals surface area (Å²) in [6.45, 7) is 0. The molecule has 1 saturated heterocycles. The molecule has 0 saturated carbocycles. The van der Waals surface area contributed by atoms with E-state index in [1.807, 2.05) is 0 Å². The van der Waals surface area contributed by atoms with Crippen LogP contribution in [0.3, 0.4) is 0 Å². The van der Waals surface area contributed by atoms with Gasteiger partial charge in [0.2, 0.25) is 5.91 Å². The van der Waals surface area contributed by atoms with Crippen LogP contribution in [0.15, 0.2) is 15.5 Å². The summed E-state index contributed by atoms with van der Waals surface area (Å²) < 4.78 is 1.46. The van der Waals surface area contributed by atoms with Crippen molar-refractivity contribution in [2.75, 3.05) is 12.4 Å². The van der Waals surface area contributed by atoms with E-state index < -0.39 is 6.04 Å². The molecular formula is C10H11BrN4O3. The van der Waals surface area contributed by atoms with Gasteiger partial charge in [-0.3, -0.25) is 19.3 Å². The van der Waals surface area contributed by atoms with Crippen LogP contribution in [0.5, 0.6) is 0 Å². The number of halogens is 1. The minimum atomic E-state index is -0.646. The van der Waals surface area contributed by atoms with Gasteiger partial charge in [0.05, 0.1) is 18.3 Å². The van der Waals surface area contributed by atoms with Crippen molar-refractivity contribution in [3.8, 4) is 0 Å². The Balaban J connectivity index is 2.26. The van der Waals surface area contributed by atoms with E-state index in [0.717, 1.165) is 4.90 Å². The smallest absolute Gasteiger partial charge is 0.282 e. The van der Waals surface area contributed by atoms with Crippen molar-refractivity contribution < 1.29 is 9.59 Å². The van der Waals surface area contributed by atoms with Gasteiger partial charge in [-0.15, -0.1) is 0 Å². The molecule has 0 aliphatic carbocycles. The van der Waals surface area contributed by atoms with Crippen molar-refractivity contribution in [3.05, 3.63) is 21.0 Å². The van der Waals surface area contributed by atoms with Crippen LogP contribution in [0.4, 0.5) is 5.69 Å². The summed E-state index contributed by atoms with van der Waals surface area (Å²) in [5.41, 5.74) is 0.0877. The van der Waals surface area contributed by atoms with E-state index in [9.17, 15) is 14.4 Å². The molecule has 2 heterocycles. The summed E-state index contributed by atoms with van der Waals surface area (Å²) in [7, 11) is 2.96. The van der Waals surface area contributed by atoms with E-state index in [2.05, 4.69) is 26.3 Å². The van der Waals surface area contributed by atoms with Gasteiger partial charge in [-0.05, 0) is 15.9 Å². The number of anilines is 1. The lowest BCUT2D eigenvalue weighted by Gasteiger charge is -2.13. The molecule has 1 aliphatic heterocycles. The lowest BCUT2D eigenvalue weighted by atomic mass is 10.2. The highest BCUT2D eigenvalue weighted by Crippen LogP contribution is 2.21. The Hall–Kier alpha value is -1.70. The number of carbonyl (C=O) groups excluding carboxylic acids is 2. The first-order valence-electron chi connectivity index (χ1n) is 5.20. The lowest BCUT2D eigenvalue weighted by molar-refractivity contribution is -0.136. The molecule has 2 amide bonds. The second-order valence-corrected chi connectivity index (χ2v) is 4.79. The van der Waals surface area contributed by atoms with Gasteiger partial charge >= 0.3 is 0 Å². The molecule has 1 fully saturated rings. The molecule has 0 bridgehead atoms. The van der Waals surface area contributed by atoms with Crippen molar-refractivity contribution in [1.29, 1.82) is 0 Å². The van der Waals surface area contributed by atoms with Gasteiger partial charge in [-0.1, -0.05) is 0 Å². The molecule has 1 atom stereocenters. The summed E-state index contributed by atoms with van der Waals surface area (Å²) in [4.78, 5) is 35.8. The van der Waals surface area contributed by atoms with Crippen LogP contribution in [0.25, 0.3) is 0 Å². The van der Waals surface area contributed by atoms with Crippen LogP contribution in [0.1, 0.15) is 6.42 Å². The van der Waals surface area contributed by atoms with Crippen LogP contribution in [-0.2, 0) is 16.6 Å². The Morgan fingerprint density at radius 1 is 1.39 bits per heavy atom. The number of aryl methyl sites for hydroxylation is 1. The zero-order valence-electron chi connectivity index (χ0n) is 9.81. The fraction of sp³-hybridized carbons (Fsp3) is 0.400. The number of nitrogens with zero attached hydrogens (tertiary/aromatic N) is 3. The van der Waals surface area contributed by atoms with E-state index in [0.29, 0.717) is 5.69 Å². The summed E-state index contributed by atoms with van der Waals surface area (Å²) >= 11 is 3.14. The van der Waals surface area contributed by atoms with E-state index in [1.54, 1.807) is 0 Å². The molecule has 18 heavy (non-hydrogen) atoms. The standard InChI is InChI=1S/C10H11BrN4O3/c1-14-7(16)3-5(9(14)17)13-6-4-12-15(2)10(18)8(6)11/h4-5,13H,3H2,1-2H3. The van der Waals surface area contributed by atoms with Crippen LogP contribution >= 0.6 is 15.9 Å². The number of hydrogen-bond donors (Lipinski definition) is 1. The van der Waals surface area contributed by atoms with E-state index in [-0.39, 0.29) is 28.3 Å². The number of carbonyl (C=O) groups is 2. The number of imide groups is 1. The zero-order valence-corrected chi connectivity index (χ0v) is 11.4. The van der Waals surface area contributed by atoms with Crippen molar-refractivity contribution in [2.45, 2.75) is 12.5 Å². The fourth-order valence-corrected chi connectivity index (χ4v) is 2.14. The third-order valence-corrected chi connectivity index (χ3v) is 3.56. The normalized spacial score (nSPS) is 19.5. The molecule has 0 spiro atoms. The Morgan fingerprint density at radius 2 is 2.06 bits per heavy atom. The average Bonchev–Trinajstić information content (AvgIpc) is 2.58. The van der Waals surface area contributed by atoms with Gasteiger partial charge in [-0.2, -0.15) is 5.10 Å². The van der Waals surface area contributed by atoms with E-state index >= 15 is 0 Å². The van der Waals surface area contributed by atoms with Crippen molar-refractivity contribution in [3.63, 3.8) is 0 Å². The largest absolute Gasteiger partial charge is 0.371 e. The van der Waals surface area contributed by atoms with Gasteiger partial charge < -0.3 is 5.32 Å². The maximum absolute atomic E-state index is 11.7. The Morgan fingerprint density at radius 3 is 2.61 bits per heavy atom. The lowest BCUT2D eigenvalue weighted by Crippen LogP contribution is -2.32. The number of aromatic nitrogens is 2. The molecule has 1 aliphatic rings. The SMILES string of the molecule is CN1C(=O)CC(Nc2cnn(C)c(=O)c2Br)C1=O. The molecule has 1 aromatic heterocycles. The maximum atomic E-state index is 11.7. The van der Waals surface area contributed by atoms with Gasteiger partial charge in [0.15, 0.2) is 0 Å². The van der Waals surface area contributed by atoms with Gasteiger partial charge in [-0.25, -0.2) is 4.68 Å². The molecular weight excluding hydrogens is 304 g/mol. The molecule has 0 aromatic carbocycles. The maximum Gasteiger partial charge on any atom is 0.282 e. The Bertz CT molecular complexity index is 583. The monoisotopic (exact) mass is 314 g/mol. The predicted molar refractivity (Wildman–Crippen MR) is 67.0 cm³/mol. The Labute approximate surface area is 111 Å². The first kappa shape index (κ1) is 12.7. The minimum absolute atomic E-state index is 0.0803. The molecule has 8 heteroatoms. The van der Waals surface area contributed by atoms with Gasteiger partial charge in [0.1, 0.15) is 10.5 Å². The number of hydrogen-bond acceptors (Lipinski definition) is 5. The highest BCUT2D eigenvalue weighted by atomic mass is 79.9. The number of likely N-dealkylation sites (N-methyl/N-ethyl adjacent to an activating group) is 1. The van der Waals surface area contributed by atoms with Crippen LogP contribution in [-0.4, -0.2) is 39.6 Å². The number of rotatable bonds is 2. The quantitative estimate of drug-likeness (QED) is 0.758. The average molecular weight is 315 g/mol. The highest BCUT2D eigenvalue weighted by Gasteiger charge is 2.36. The number of likely N-dealkylation sites (tertiary alicyclic amines) is 1. The summed E-state index contributed by atoms with van der Waals surface area (Å²) in [6, 6.07) is -0.646. The first-order valence-corrected chi connectivity index (χ1v) is 6.00. The molecule has 96 valence electrons. The van der Waals surface area contributed by atoms with Crippen molar-refractivity contribution in [1.82, 2.24) is 14.7 Å². The van der Waals surface area contributed by atoms with Gasteiger partial charge in [0.25, 0.3) is 11.5 Å². The topological polar surface area (TPSA) is 84.3 Å². The minimum Gasteiger partial charge on any atom is -0.371 e. The van der Waals surface area contributed by atoms with Crippen molar-refractivity contribution >= 4 is 33.4 Å². The molecule has 0 radical (unpaired) electrons. The third kappa shape index (κ3) is 2.03. The van der Waals surface area contributed by atoms with Crippen LogP contribution < -0.4 is 10.9 Å². The van der Waals surface area contributed by atoms with E-state index in [4.69, 9.17) is 0 Å². The number of nitrogens with one attached hydrogen (secondary N) is 1. The fourth-order valence-electron chi connectivity index (χ4n) is 1.67. The van der Waals surface area contributed by atoms with E-state index in [1.165, 1.54) is 25.0 Å². The summed E-state index contributed by atoms with van der Waals surface area (Å²) in [5.74, 6) is -0.557. The highest BCUT2D eigenvalue weighted by molar-refractivity contribution is 9.10. The third-order valence-electron chi connectivity index (χ3n) is 2.79.